The number of aromatic nitrogens is 3. The van der Waals surface area contributed by atoms with E-state index in [-0.39, 0.29) is 17.3 Å². The van der Waals surface area contributed by atoms with Gasteiger partial charge in [-0.2, -0.15) is 4.98 Å². The monoisotopic (exact) mass is 463 g/mol. The van der Waals surface area contributed by atoms with E-state index < -0.39 is 17.8 Å². The first-order valence-electron chi connectivity index (χ1n) is 10.0. The number of fused-ring (bicyclic) bond motifs is 1. The zero-order valence-corrected chi connectivity index (χ0v) is 17.7. The summed E-state index contributed by atoms with van der Waals surface area (Å²) in [4.78, 5) is 16.9. The van der Waals surface area contributed by atoms with Crippen molar-refractivity contribution in [1.82, 2.24) is 14.8 Å². The summed E-state index contributed by atoms with van der Waals surface area (Å²) in [5.41, 5.74) is 2.25. The van der Waals surface area contributed by atoms with E-state index in [2.05, 4.69) is 20.7 Å². The third kappa shape index (κ3) is 4.20. The van der Waals surface area contributed by atoms with Gasteiger partial charge in [-0.25, -0.2) is 13.5 Å². The summed E-state index contributed by atoms with van der Waals surface area (Å²) in [6.07, 6.45) is 1.92. The van der Waals surface area contributed by atoms with Crippen LogP contribution in [0.4, 0.5) is 20.7 Å². The normalized spacial score (nSPS) is 14.8. The predicted molar refractivity (Wildman–Crippen MR) is 122 cm³/mol. The molecule has 0 fully saturated rings. The van der Waals surface area contributed by atoms with Crippen LogP contribution in [0.2, 0.25) is 5.02 Å². The number of nitrogens with zero attached hydrogens (tertiary/aromatic N) is 3. The number of benzene rings is 3. The zero-order chi connectivity index (χ0) is 22.9. The molecule has 0 saturated carbocycles. The molecular formula is C24H16ClF2N5O. The first kappa shape index (κ1) is 20.8. The summed E-state index contributed by atoms with van der Waals surface area (Å²) in [5.74, 6) is -1.30. The standard InChI is InChI=1S/C24H16ClF2N5O/c25-16-9-5-14(6-10-16)20-13-21(15-7-11-17(26)12-8-15)32-24(28-20)30-23(31-32)29-22(33)18-3-1-2-4-19(18)27/h1-13,21H,(H2,28,29,30,31,33)/t21-/m1/s1. The number of nitrogens with one attached hydrogen (secondary N) is 2. The van der Waals surface area contributed by atoms with Crippen molar-refractivity contribution in [2.75, 3.05) is 10.6 Å². The number of hydrogen-bond acceptors (Lipinski definition) is 4. The molecule has 33 heavy (non-hydrogen) atoms. The van der Waals surface area contributed by atoms with Crippen molar-refractivity contribution < 1.29 is 13.6 Å². The van der Waals surface area contributed by atoms with Crippen LogP contribution in [0.15, 0.2) is 78.9 Å². The molecule has 6 nitrogen and oxygen atoms in total. The second-order valence-corrected chi connectivity index (χ2v) is 7.78. The molecule has 2 N–H and O–H groups in total. The van der Waals surface area contributed by atoms with Crippen LogP contribution in [-0.4, -0.2) is 20.7 Å². The number of rotatable bonds is 4. The van der Waals surface area contributed by atoms with Crippen molar-refractivity contribution in [3.63, 3.8) is 0 Å². The lowest BCUT2D eigenvalue weighted by Crippen LogP contribution is -2.20. The zero-order valence-electron chi connectivity index (χ0n) is 17.0. The summed E-state index contributed by atoms with van der Waals surface area (Å²) >= 11 is 6.02. The topological polar surface area (TPSA) is 71.8 Å². The van der Waals surface area contributed by atoms with Gasteiger partial charge in [-0.15, -0.1) is 5.10 Å². The minimum absolute atomic E-state index is 0.00335. The summed E-state index contributed by atoms with van der Waals surface area (Å²) in [7, 11) is 0. The van der Waals surface area contributed by atoms with E-state index in [1.165, 1.54) is 30.3 Å². The highest BCUT2D eigenvalue weighted by molar-refractivity contribution is 6.30. The van der Waals surface area contributed by atoms with E-state index in [0.717, 1.165) is 16.8 Å². The molecule has 4 aromatic rings. The summed E-state index contributed by atoms with van der Waals surface area (Å²) in [6, 6.07) is 18.5. The van der Waals surface area contributed by atoms with Crippen LogP contribution < -0.4 is 10.6 Å². The number of hydrogen-bond donors (Lipinski definition) is 2. The maximum absolute atomic E-state index is 14.0. The van der Waals surface area contributed by atoms with Crippen molar-refractivity contribution >= 4 is 35.1 Å². The SMILES string of the molecule is O=C(Nc1nc2n(n1)[C@@H](c1ccc(F)cc1)C=C(c1ccc(Cl)cc1)N2)c1ccccc1F. The fourth-order valence-corrected chi connectivity index (χ4v) is 3.68. The molecule has 2 heterocycles. The Hall–Kier alpha value is -4.04. The largest absolute Gasteiger partial charge is 0.324 e. The third-order valence-electron chi connectivity index (χ3n) is 5.18. The predicted octanol–water partition coefficient (Wildman–Crippen LogP) is 5.52. The molecule has 1 aliphatic rings. The maximum Gasteiger partial charge on any atom is 0.261 e. The maximum atomic E-state index is 14.0. The van der Waals surface area contributed by atoms with Crippen LogP contribution >= 0.6 is 11.6 Å². The van der Waals surface area contributed by atoms with E-state index in [1.807, 2.05) is 18.2 Å². The molecular weight excluding hydrogens is 448 g/mol. The van der Waals surface area contributed by atoms with Gasteiger partial charge >= 0.3 is 0 Å². The van der Waals surface area contributed by atoms with E-state index >= 15 is 0 Å². The van der Waals surface area contributed by atoms with E-state index in [4.69, 9.17) is 11.6 Å². The Morgan fingerprint density at radius 2 is 1.73 bits per heavy atom. The average molecular weight is 464 g/mol. The van der Waals surface area contributed by atoms with Gasteiger partial charge in [0.05, 0.1) is 5.56 Å². The molecule has 0 saturated heterocycles. The van der Waals surface area contributed by atoms with Gasteiger partial charge < -0.3 is 5.32 Å². The van der Waals surface area contributed by atoms with Crippen LogP contribution in [-0.2, 0) is 0 Å². The Labute approximate surface area is 192 Å². The molecule has 9 heteroatoms. The Morgan fingerprint density at radius 1 is 1.00 bits per heavy atom. The Bertz CT molecular complexity index is 1370. The van der Waals surface area contributed by atoms with Gasteiger partial charge in [0.25, 0.3) is 11.9 Å². The molecule has 164 valence electrons. The Balaban J connectivity index is 1.52. The molecule has 0 radical (unpaired) electrons. The minimum Gasteiger partial charge on any atom is -0.324 e. The number of carbonyl (C=O) groups is 1. The van der Waals surface area contributed by atoms with Gasteiger partial charge in [-0.05, 0) is 53.6 Å². The summed E-state index contributed by atoms with van der Waals surface area (Å²) in [6.45, 7) is 0. The molecule has 0 aliphatic carbocycles. The molecule has 1 amide bonds. The van der Waals surface area contributed by atoms with E-state index in [1.54, 1.807) is 35.0 Å². The quantitative estimate of drug-likeness (QED) is 0.418. The fourth-order valence-electron chi connectivity index (χ4n) is 3.56. The van der Waals surface area contributed by atoms with Gasteiger partial charge in [0.2, 0.25) is 5.95 Å². The lowest BCUT2D eigenvalue weighted by molar-refractivity contribution is 0.102. The number of amides is 1. The van der Waals surface area contributed by atoms with Gasteiger partial charge in [0, 0.05) is 10.7 Å². The van der Waals surface area contributed by atoms with Crippen molar-refractivity contribution in [3.05, 3.63) is 112 Å². The summed E-state index contributed by atoms with van der Waals surface area (Å²) < 4.78 is 29.1. The lowest BCUT2D eigenvalue weighted by Gasteiger charge is -2.24. The van der Waals surface area contributed by atoms with Crippen LogP contribution in [0.1, 0.15) is 27.5 Å². The lowest BCUT2D eigenvalue weighted by atomic mass is 10.0. The molecule has 0 unspecified atom stereocenters. The van der Waals surface area contributed by atoms with E-state index in [0.29, 0.717) is 11.0 Å². The summed E-state index contributed by atoms with van der Waals surface area (Å²) in [5, 5.41) is 10.7. The van der Waals surface area contributed by atoms with Crippen LogP contribution in [0.5, 0.6) is 0 Å². The molecule has 1 aliphatic heterocycles. The average Bonchev–Trinajstić information content (AvgIpc) is 3.22. The molecule has 5 rings (SSSR count). The van der Waals surface area contributed by atoms with Gasteiger partial charge in [0.1, 0.15) is 17.7 Å². The Kier molecular flexibility index (Phi) is 5.35. The number of carbonyl (C=O) groups excluding carboxylic acids is 1. The first-order valence-corrected chi connectivity index (χ1v) is 10.4. The number of anilines is 2. The van der Waals surface area contributed by atoms with Gasteiger partial charge in [-0.1, -0.05) is 48.0 Å². The van der Waals surface area contributed by atoms with Crippen molar-refractivity contribution in [2.24, 2.45) is 0 Å². The molecule has 3 aromatic carbocycles. The highest BCUT2D eigenvalue weighted by Gasteiger charge is 2.26. The minimum atomic E-state index is -0.666. The smallest absolute Gasteiger partial charge is 0.261 e. The highest BCUT2D eigenvalue weighted by atomic mass is 35.5. The van der Waals surface area contributed by atoms with Crippen molar-refractivity contribution in [2.45, 2.75) is 6.04 Å². The second-order valence-electron chi connectivity index (χ2n) is 7.35. The van der Waals surface area contributed by atoms with Gasteiger partial charge in [0.15, 0.2) is 0 Å². The molecule has 0 spiro atoms. The van der Waals surface area contributed by atoms with Gasteiger partial charge in [-0.3, -0.25) is 10.1 Å². The molecule has 1 atom stereocenters. The molecule has 1 aromatic heterocycles. The second kappa shape index (κ2) is 8.48. The van der Waals surface area contributed by atoms with Crippen molar-refractivity contribution in [1.29, 1.82) is 0 Å². The third-order valence-corrected chi connectivity index (χ3v) is 5.43. The van der Waals surface area contributed by atoms with Crippen LogP contribution in [0.25, 0.3) is 5.70 Å². The molecule has 0 bridgehead atoms. The van der Waals surface area contributed by atoms with Crippen molar-refractivity contribution in [3.8, 4) is 0 Å². The fraction of sp³-hybridized carbons (Fsp3) is 0.0417. The first-order chi connectivity index (χ1) is 16.0. The highest BCUT2D eigenvalue weighted by Crippen LogP contribution is 2.33. The number of allylic oxidation sites excluding steroid dienone is 1. The number of halogens is 3. The van der Waals surface area contributed by atoms with E-state index in [9.17, 15) is 13.6 Å². The Morgan fingerprint density at radius 3 is 2.45 bits per heavy atom. The van der Waals surface area contributed by atoms with Crippen LogP contribution in [0, 0.1) is 11.6 Å². The van der Waals surface area contributed by atoms with Crippen LogP contribution in [0.3, 0.4) is 0 Å².